The molecule has 0 spiro atoms. The van der Waals surface area contributed by atoms with Gasteiger partial charge in [-0.3, -0.25) is 19.2 Å². The number of benzene rings is 1. The van der Waals surface area contributed by atoms with Crippen molar-refractivity contribution in [3.63, 3.8) is 0 Å². The van der Waals surface area contributed by atoms with E-state index < -0.39 is 28.9 Å². The molecule has 0 radical (unpaired) electrons. The molecule has 152 valence electrons. The summed E-state index contributed by atoms with van der Waals surface area (Å²) in [5.41, 5.74) is -0.901. The van der Waals surface area contributed by atoms with E-state index in [4.69, 9.17) is 4.74 Å². The van der Waals surface area contributed by atoms with Gasteiger partial charge in [0.05, 0.1) is 17.7 Å². The fourth-order valence-corrected chi connectivity index (χ4v) is 3.97. The summed E-state index contributed by atoms with van der Waals surface area (Å²) in [5.74, 6) is -2.34. The van der Waals surface area contributed by atoms with Gasteiger partial charge in [-0.1, -0.05) is 6.08 Å². The largest absolute Gasteiger partial charge is 0.507 e. The van der Waals surface area contributed by atoms with Crippen LogP contribution in [0.3, 0.4) is 0 Å². The van der Waals surface area contributed by atoms with Gasteiger partial charge in [-0.05, 0) is 45.2 Å². The van der Waals surface area contributed by atoms with Crippen LogP contribution in [0.4, 0.5) is 0 Å². The number of hydrogen-bond acceptors (Lipinski definition) is 6. The van der Waals surface area contributed by atoms with E-state index in [1.165, 1.54) is 19.1 Å². The number of esters is 1. The molecule has 1 aliphatic heterocycles. The molecule has 2 aliphatic rings. The van der Waals surface area contributed by atoms with Gasteiger partial charge in [-0.15, -0.1) is 6.58 Å². The summed E-state index contributed by atoms with van der Waals surface area (Å²) >= 11 is 0. The maximum Gasteiger partial charge on any atom is 0.316 e. The molecule has 2 N–H and O–H groups in total. The molecular formula is C22H23NO6. The molecular weight excluding hydrogens is 374 g/mol. The Bertz CT molecular complexity index is 1000. The van der Waals surface area contributed by atoms with Gasteiger partial charge >= 0.3 is 5.97 Å². The van der Waals surface area contributed by atoms with E-state index in [1.54, 1.807) is 13.8 Å². The van der Waals surface area contributed by atoms with E-state index in [0.717, 1.165) is 0 Å². The minimum atomic E-state index is -1.47. The van der Waals surface area contributed by atoms with Crippen molar-refractivity contribution >= 4 is 23.4 Å². The quantitative estimate of drug-likeness (QED) is 0.597. The van der Waals surface area contributed by atoms with Crippen LogP contribution in [0.1, 0.15) is 58.5 Å². The topological polar surface area (TPSA) is 110 Å². The number of aryl methyl sites for hydroxylation is 1. The number of rotatable bonds is 4. The van der Waals surface area contributed by atoms with Crippen molar-refractivity contribution in [2.75, 3.05) is 6.61 Å². The second-order valence-electron chi connectivity index (χ2n) is 7.44. The third kappa shape index (κ3) is 3.06. The highest BCUT2D eigenvalue weighted by atomic mass is 16.5. The number of allylic oxidation sites excluding steroid dienone is 2. The van der Waals surface area contributed by atoms with Crippen LogP contribution in [-0.4, -0.2) is 35.2 Å². The maximum absolute atomic E-state index is 13.6. The summed E-state index contributed by atoms with van der Waals surface area (Å²) in [4.78, 5) is 52.0. The van der Waals surface area contributed by atoms with Crippen LogP contribution in [0.2, 0.25) is 0 Å². The predicted octanol–water partition coefficient (Wildman–Crippen LogP) is 2.54. The van der Waals surface area contributed by atoms with E-state index in [1.807, 2.05) is 0 Å². The van der Waals surface area contributed by atoms with Crippen molar-refractivity contribution in [2.24, 2.45) is 5.41 Å². The number of phenolic OH excluding ortho intramolecular Hbond substituents is 1. The molecule has 0 saturated heterocycles. The molecule has 3 rings (SSSR count). The van der Waals surface area contributed by atoms with Gasteiger partial charge in [-0.25, -0.2) is 0 Å². The summed E-state index contributed by atoms with van der Waals surface area (Å²) in [6.07, 6.45) is 1.68. The van der Waals surface area contributed by atoms with E-state index in [0.29, 0.717) is 5.56 Å². The molecule has 1 aliphatic carbocycles. The van der Waals surface area contributed by atoms with Crippen LogP contribution < -0.4 is 5.32 Å². The highest BCUT2D eigenvalue weighted by Crippen LogP contribution is 2.45. The predicted molar refractivity (Wildman–Crippen MR) is 105 cm³/mol. The lowest BCUT2D eigenvalue weighted by atomic mass is 9.70. The summed E-state index contributed by atoms with van der Waals surface area (Å²) < 4.78 is 5.18. The summed E-state index contributed by atoms with van der Waals surface area (Å²) in [5, 5.41) is 13.0. The van der Waals surface area contributed by atoms with Gasteiger partial charge < -0.3 is 15.2 Å². The van der Waals surface area contributed by atoms with Crippen molar-refractivity contribution in [3.05, 3.63) is 52.2 Å². The number of aromatic hydroxyl groups is 1. The summed E-state index contributed by atoms with van der Waals surface area (Å²) in [6.45, 7) is 8.53. The van der Waals surface area contributed by atoms with Crippen LogP contribution in [0.25, 0.3) is 0 Å². The number of phenols is 1. The Morgan fingerprint density at radius 1 is 1.34 bits per heavy atom. The van der Waals surface area contributed by atoms with Crippen molar-refractivity contribution in [1.29, 1.82) is 0 Å². The van der Waals surface area contributed by atoms with E-state index in [9.17, 15) is 24.3 Å². The van der Waals surface area contributed by atoms with Crippen molar-refractivity contribution in [1.82, 2.24) is 5.32 Å². The maximum atomic E-state index is 13.6. The molecule has 1 heterocycles. The van der Waals surface area contributed by atoms with Crippen molar-refractivity contribution < 1.29 is 29.0 Å². The average molecular weight is 397 g/mol. The Kier molecular flexibility index (Phi) is 5.17. The second-order valence-corrected chi connectivity index (χ2v) is 7.44. The number of carbonyl (C=O) groups excluding carboxylic acids is 4. The van der Waals surface area contributed by atoms with Crippen LogP contribution >= 0.6 is 0 Å². The minimum absolute atomic E-state index is 0.0273. The monoisotopic (exact) mass is 397 g/mol. The molecule has 1 unspecified atom stereocenters. The van der Waals surface area contributed by atoms with Gasteiger partial charge in [0.2, 0.25) is 11.7 Å². The lowest BCUT2D eigenvalue weighted by molar-refractivity contribution is -0.152. The Hall–Kier alpha value is -3.22. The van der Waals surface area contributed by atoms with Gasteiger partial charge in [0.1, 0.15) is 5.75 Å². The number of nitrogens with one attached hydrogen (secondary N) is 1. The standard InChI is InChI=1S/C22H23NO6/c1-5-7-12-15-13(10-11(3)18(12)25)19(26)17-16(20(15)27)22(4,21(28)29-6-2)9-8-14(24)23-17/h5,10,25H,1,6-9H2,2-4H3,(H,23,24). The number of amides is 1. The number of hydrogen-bond donors (Lipinski definition) is 2. The third-order valence-electron chi connectivity index (χ3n) is 5.51. The van der Waals surface area contributed by atoms with Gasteiger partial charge in [0.15, 0.2) is 5.78 Å². The molecule has 29 heavy (non-hydrogen) atoms. The lowest BCUT2D eigenvalue weighted by Gasteiger charge is -2.32. The Labute approximate surface area is 168 Å². The highest BCUT2D eigenvalue weighted by molar-refractivity contribution is 6.30. The van der Waals surface area contributed by atoms with E-state index >= 15 is 0 Å². The normalized spacial score (nSPS) is 21.1. The molecule has 1 amide bonds. The third-order valence-corrected chi connectivity index (χ3v) is 5.51. The average Bonchev–Trinajstić information content (AvgIpc) is 2.81. The second kappa shape index (κ2) is 7.31. The fraction of sp³-hybridized carbons (Fsp3) is 0.364. The smallest absolute Gasteiger partial charge is 0.316 e. The number of Topliss-reactive ketones (excluding diaryl/α,β-unsaturated/α-hetero) is 2. The number of fused-ring (bicyclic) bond motifs is 1. The molecule has 1 aromatic rings. The first-order valence-electron chi connectivity index (χ1n) is 9.44. The Morgan fingerprint density at radius 3 is 2.66 bits per heavy atom. The minimum Gasteiger partial charge on any atom is -0.507 e. The van der Waals surface area contributed by atoms with E-state index in [-0.39, 0.29) is 59.6 Å². The molecule has 1 aromatic carbocycles. The molecule has 0 aromatic heterocycles. The fourth-order valence-electron chi connectivity index (χ4n) is 3.97. The van der Waals surface area contributed by atoms with Gasteiger partial charge in [0.25, 0.3) is 0 Å². The van der Waals surface area contributed by atoms with Crippen LogP contribution in [0.15, 0.2) is 30.0 Å². The molecule has 1 atom stereocenters. The zero-order chi connectivity index (χ0) is 21.5. The van der Waals surface area contributed by atoms with Crippen LogP contribution in [0, 0.1) is 12.3 Å². The first-order valence-corrected chi connectivity index (χ1v) is 9.44. The first-order chi connectivity index (χ1) is 13.7. The number of carbonyl (C=O) groups is 4. The summed E-state index contributed by atoms with van der Waals surface area (Å²) in [7, 11) is 0. The van der Waals surface area contributed by atoms with Crippen LogP contribution in [0.5, 0.6) is 5.75 Å². The van der Waals surface area contributed by atoms with E-state index in [2.05, 4.69) is 11.9 Å². The number of ketones is 2. The Balaban J connectivity index is 2.34. The van der Waals surface area contributed by atoms with Gasteiger partial charge in [0, 0.05) is 28.7 Å². The lowest BCUT2D eigenvalue weighted by Crippen LogP contribution is -2.40. The highest BCUT2D eigenvalue weighted by Gasteiger charge is 2.50. The molecule has 0 bridgehead atoms. The van der Waals surface area contributed by atoms with Crippen LogP contribution in [-0.2, 0) is 20.7 Å². The molecule has 0 saturated carbocycles. The molecule has 0 fully saturated rings. The zero-order valence-electron chi connectivity index (χ0n) is 16.7. The van der Waals surface area contributed by atoms with Gasteiger partial charge in [-0.2, -0.15) is 0 Å². The molecule has 7 heteroatoms. The SMILES string of the molecule is C=CCc1c(O)c(C)cc2c1C(=O)C1=C(NC(=O)CCC1(C)C(=O)OCC)C2=O. The van der Waals surface area contributed by atoms with Crippen molar-refractivity contribution in [3.8, 4) is 5.75 Å². The zero-order valence-corrected chi connectivity index (χ0v) is 16.7. The Morgan fingerprint density at radius 2 is 2.03 bits per heavy atom. The van der Waals surface area contributed by atoms with Crippen molar-refractivity contribution in [2.45, 2.75) is 40.0 Å². The summed E-state index contributed by atoms with van der Waals surface area (Å²) in [6, 6.07) is 1.43. The first kappa shape index (κ1) is 20.5. The molecule has 7 nitrogen and oxygen atoms in total. The number of ether oxygens (including phenoxy) is 1.